The first-order chi connectivity index (χ1) is 13.1. The Kier molecular flexibility index (Phi) is 5.10. The second-order valence-corrected chi connectivity index (χ2v) is 8.15. The number of hydrogen-bond acceptors (Lipinski definition) is 4. The van der Waals surface area contributed by atoms with Crippen molar-refractivity contribution in [1.82, 2.24) is 19.3 Å². The van der Waals surface area contributed by atoms with Crippen molar-refractivity contribution in [2.24, 2.45) is 0 Å². The molecule has 0 unspecified atom stereocenters. The molecule has 0 aliphatic carbocycles. The van der Waals surface area contributed by atoms with Crippen LogP contribution < -0.4 is 10.9 Å². The van der Waals surface area contributed by atoms with Crippen LogP contribution in [0.1, 0.15) is 44.1 Å². The lowest BCUT2D eigenvalue weighted by Crippen LogP contribution is -2.28. The number of hydrogen-bond donors (Lipinski definition) is 1. The van der Waals surface area contributed by atoms with Crippen molar-refractivity contribution in [2.45, 2.75) is 60.0 Å². The summed E-state index contributed by atoms with van der Waals surface area (Å²) in [7, 11) is 0. The standard InChI is InChI=1S/C21H27N5O2/c1-13-8-7-9-14(2)18(13)24-17(27)10-11-25-15(3)23-19-16(20(25)28)12-22-26(19)21(4,5)6/h7-9,12H,10-11H2,1-6H3,(H,24,27). The van der Waals surface area contributed by atoms with E-state index < -0.39 is 0 Å². The molecule has 28 heavy (non-hydrogen) atoms. The lowest BCUT2D eigenvalue weighted by Gasteiger charge is -2.20. The zero-order valence-electron chi connectivity index (χ0n) is 17.3. The first kappa shape index (κ1) is 19.8. The number of anilines is 1. The maximum Gasteiger partial charge on any atom is 0.264 e. The number of para-hydroxylation sites is 1. The highest BCUT2D eigenvalue weighted by atomic mass is 16.2. The number of rotatable bonds is 4. The van der Waals surface area contributed by atoms with Crippen LogP contribution in [0.2, 0.25) is 0 Å². The molecule has 0 aliphatic heterocycles. The fourth-order valence-corrected chi connectivity index (χ4v) is 3.29. The lowest BCUT2D eigenvalue weighted by atomic mass is 10.1. The van der Waals surface area contributed by atoms with Crippen molar-refractivity contribution < 1.29 is 4.79 Å². The van der Waals surface area contributed by atoms with Gasteiger partial charge in [0.15, 0.2) is 5.65 Å². The molecule has 1 N–H and O–H groups in total. The summed E-state index contributed by atoms with van der Waals surface area (Å²) in [6.07, 6.45) is 1.75. The molecule has 0 saturated heterocycles. The molecule has 0 spiro atoms. The molecule has 3 aromatic rings. The second-order valence-electron chi connectivity index (χ2n) is 8.15. The molecule has 0 saturated carbocycles. The molecule has 0 atom stereocenters. The van der Waals surface area contributed by atoms with E-state index >= 15 is 0 Å². The molecule has 1 aromatic carbocycles. The monoisotopic (exact) mass is 381 g/mol. The summed E-state index contributed by atoms with van der Waals surface area (Å²) in [6, 6.07) is 5.88. The van der Waals surface area contributed by atoms with E-state index in [2.05, 4.69) is 15.4 Å². The molecular weight excluding hydrogens is 354 g/mol. The van der Waals surface area contributed by atoms with Gasteiger partial charge in [-0.25, -0.2) is 9.67 Å². The minimum Gasteiger partial charge on any atom is -0.326 e. The van der Waals surface area contributed by atoms with Crippen LogP contribution in [0.5, 0.6) is 0 Å². The second kappa shape index (κ2) is 7.22. The Bertz CT molecular complexity index is 1080. The van der Waals surface area contributed by atoms with Gasteiger partial charge in [0.2, 0.25) is 5.91 Å². The summed E-state index contributed by atoms with van der Waals surface area (Å²) in [5.74, 6) is 0.442. The summed E-state index contributed by atoms with van der Waals surface area (Å²) in [5, 5.41) is 7.77. The summed E-state index contributed by atoms with van der Waals surface area (Å²) < 4.78 is 3.30. The van der Waals surface area contributed by atoms with Crippen molar-refractivity contribution >= 4 is 22.6 Å². The first-order valence-corrected chi connectivity index (χ1v) is 9.41. The van der Waals surface area contributed by atoms with E-state index in [1.54, 1.807) is 22.4 Å². The van der Waals surface area contributed by atoms with Crippen LogP contribution in [0.15, 0.2) is 29.2 Å². The molecule has 3 rings (SSSR count). The van der Waals surface area contributed by atoms with E-state index in [0.717, 1.165) is 16.8 Å². The summed E-state index contributed by atoms with van der Waals surface area (Å²) >= 11 is 0. The molecule has 148 valence electrons. The topological polar surface area (TPSA) is 81.8 Å². The fourth-order valence-electron chi connectivity index (χ4n) is 3.29. The molecule has 0 aliphatic rings. The van der Waals surface area contributed by atoms with Crippen LogP contribution in [0.3, 0.4) is 0 Å². The van der Waals surface area contributed by atoms with Crippen LogP contribution in [0, 0.1) is 20.8 Å². The molecule has 0 radical (unpaired) electrons. The average Bonchev–Trinajstić information content (AvgIpc) is 3.02. The zero-order chi connectivity index (χ0) is 20.6. The third kappa shape index (κ3) is 3.69. The van der Waals surface area contributed by atoms with Crippen molar-refractivity contribution in [3.05, 3.63) is 51.7 Å². The number of nitrogens with one attached hydrogen (secondary N) is 1. The molecule has 0 bridgehead atoms. The number of aromatic nitrogens is 4. The highest BCUT2D eigenvalue weighted by molar-refractivity contribution is 5.92. The Morgan fingerprint density at radius 3 is 2.39 bits per heavy atom. The summed E-state index contributed by atoms with van der Waals surface area (Å²) in [4.78, 5) is 29.9. The summed E-state index contributed by atoms with van der Waals surface area (Å²) in [5.41, 5.74) is 2.99. The van der Waals surface area contributed by atoms with Crippen LogP contribution >= 0.6 is 0 Å². The van der Waals surface area contributed by atoms with E-state index in [1.807, 2.05) is 52.8 Å². The number of nitrogens with zero attached hydrogens (tertiary/aromatic N) is 4. The van der Waals surface area contributed by atoms with Gasteiger partial charge in [-0.15, -0.1) is 0 Å². The van der Waals surface area contributed by atoms with E-state index in [9.17, 15) is 9.59 Å². The van der Waals surface area contributed by atoms with Crippen molar-refractivity contribution in [1.29, 1.82) is 0 Å². The van der Waals surface area contributed by atoms with Crippen molar-refractivity contribution in [2.75, 3.05) is 5.32 Å². The molecule has 7 heteroatoms. The van der Waals surface area contributed by atoms with Gasteiger partial charge < -0.3 is 5.32 Å². The largest absolute Gasteiger partial charge is 0.326 e. The van der Waals surface area contributed by atoms with Gasteiger partial charge in [0.05, 0.1) is 11.7 Å². The highest BCUT2D eigenvalue weighted by Crippen LogP contribution is 2.20. The Morgan fingerprint density at radius 2 is 1.79 bits per heavy atom. The van der Waals surface area contributed by atoms with Crippen LogP contribution in [0.4, 0.5) is 5.69 Å². The van der Waals surface area contributed by atoms with Crippen LogP contribution in [-0.2, 0) is 16.9 Å². The minimum atomic E-state index is -0.273. The summed E-state index contributed by atoms with van der Waals surface area (Å²) in [6.45, 7) is 12.0. The smallest absolute Gasteiger partial charge is 0.264 e. The van der Waals surface area contributed by atoms with E-state index in [4.69, 9.17) is 0 Å². The average molecular weight is 381 g/mol. The van der Waals surface area contributed by atoms with Gasteiger partial charge in [0.25, 0.3) is 5.56 Å². The van der Waals surface area contributed by atoms with Crippen molar-refractivity contribution in [3.63, 3.8) is 0 Å². The number of fused-ring (bicyclic) bond motifs is 1. The maximum atomic E-state index is 12.9. The third-order valence-electron chi connectivity index (χ3n) is 4.82. The van der Waals surface area contributed by atoms with Gasteiger partial charge in [-0.2, -0.15) is 5.10 Å². The van der Waals surface area contributed by atoms with Gasteiger partial charge in [-0.3, -0.25) is 14.2 Å². The maximum absolute atomic E-state index is 12.9. The highest BCUT2D eigenvalue weighted by Gasteiger charge is 2.21. The Morgan fingerprint density at radius 1 is 1.14 bits per heavy atom. The predicted octanol–water partition coefficient (Wildman–Crippen LogP) is 3.30. The molecule has 1 amide bonds. The van der Waals surface area contributed by atoms with Gasteiger partial charge in [-0.05, 0) is 52.7 Å². The van der Waals surface area contributed by atoms with Gasteiger partial charge in [0.1, 0.15) is 11.2 Å². The van der Waals surface area contributed by atoms with Gasteiger partial charge in [-0.1, -0.05) is 18.2 Å². The molecule has 2 heterocycles. The lowest BCUT2D eigenvalue weighted by molar-refractivity contribution is -0.116. The number of carbonyl (C=O) groups is 1. The van der Waals surface area contributed by atoms with Crippen LogP contribution in [0.25, 0.3) is 11.0 Å². The fraction of sp³-hybridized carbons (Fsp3) is 0.429. The molecular formula is C21H27N5O2. The molecule has 0 fully saturated rings. The number of benzene rings is 1. The Labute approximate surface area is 164 Å². The van der Waals surface area contributed by atoms with Crippen LogP contribution in [-0.4, -0.2) is 25.2 Å². The third-order valence-corrected chi connectivity index (χ3v) is 4.82. The Hall–Kier alpha value is -2.96. The number of carbonyl (C=O) groups excluding carboxylic acids is 1. The van der Waals surface area contributed by atoms with Crippen molar-refractivity contribution in [3.8, 4) is 0 Å². The molecule has 2 aromatic heterocycles. The quantitative estimate of drug-likeness (QED) is 0.752. The number of amides is 1. The van der Waals surface area contributed by atoms with E-state index in [0.29, 0.717) is 16.9 Å². The van der Waals surface area contributed by atoms with E-state index in [1.165, 1.54) is 0 Å². The normalized spacial score (nSPS) is 11.8. The Balaban J connectivity index is 1.83. The van der Waals surface area contributed by atoms with E-state index in [-0.39, 0.29) is 30.0 Å². The van der Waals surface area contributed by atoms with Gasteiger partial charge in [0, 0.05) is 18.7 Å². The predicted molar refractivity (Wildman–Crippen MR) is 111 cm³/mol. The first-order valence-electron chi connectivity index (χ1n) is 9.41. The molecule has 7 nitrogen and oxygen atoms in total. The van der Waals surface area contributed by atoms with Gasteiger partial charge >= 0.3 is 0 Å². The minimum absolute atomic E-state index is 0.130. The SMILES string of the molecule is Cc1cccc(C)c1NC(=O)CCn1c(C)nc2c(cnn2C(C)(C)C)c1=O. The number of aryl methyl sites for hydroxylation is 3. The zero-order valence-corrected chi connectivity index (χ0v) is 17.3.